The van der Waals surface area contributed by atoms with Crippen molar-refractivity contribution in [3.05, 3.63) is 45.8 Å². The number of benzene rings is 1. The molecule has 0 spiro atoms. The van der Waals surface area contributed by atoms with Crippen LogP contribution in [-0.2, 0) is 28.9 Å². The summed E-state index contributed by atoms with van der Waals surface area (Å²) in [5.74, 6) is -0.943. The van der Waals surface area contributed by atoms with Crippen LogP contribution in [0, 0.1) is 5.92 Å². The monoisotopic (exact) mass is 411 g/mol. The van der Waals surface area contributed by atoms with E-state index in [9.17, 15) is 14.4 Å². The largest absolute Gasteiger partial charge is 0.365 e. The van der Waals surface area contributed by atoms with Gasteiger partial charge in [0.05, 0.1) is 5.56 Å². The first-order valence-electron chi connectivity index (χ1n) is 10.2. The molecule has 2 aromatic rings. The summed E-state index contributed by atoms with van der Waals surface area (Å²) in [6.45, 7) is 0. The number of fused-ring (bicyclic) bond motifs is 2. The fourth-order valence-corrected chi connectivity index (χ4v) is 5.54. The maximum absolute atomic E-state index is 12.6. The predicted octanol–water partition coefficient (Wildman–Crippen LogP) is 3.65. The molecule has 1 aliphatic heterocycles. The van der Waals surface area contributed by atoms with Crippen molar-refractivity contribution in [2.24, 2.45) is 11.7 Å². The van der Waals surface area contributed by atoms with Crippen LogP contribution in [-0.4, -0.2) is 17.7 Å². The molecule has 0 saturated heterocycles. The number of aryl methyl sites for hydroxylation is 1. The van der Waals surface area contributed by atoms with Gasteiger partial charge in [0.15, 0.2) is 0 Å². The number of para-hydroxylation sites is 1. The molecule has 2 heterocycles. The van der Waals surface area contributed by atoms with Crippen LogP contribution in [0.3, 0.4) is 0 Å². The van der Waals surface area contributed by atoms with Crippen LogP contribution in [0.2, 0.25) is 0 Å². The predicted molar refractivity (Wildman–Crippen MR) is 114 cm³/mol. The molecule has 0 fully saturated rings. The van der Waals surface area contributed by atoms with E-state index in [0.717, 1.165) is 53.8 Å². The molecular formula is C22H25N3O3S. The highest BCUT2D eigenvalue weighted by Gasteiger charge is 2.27. The molecule has 4 N–H and O–H groups in total. The molecule has 0 radical (unpaired) electrons. The van der Waals surface area contributed by atoms with E-state index in [1.807, 2.05) is 24.3 Å². The molecule has 29 heavy (non-hydrogen) atoms. The minimum atomic E-state index is -0.483. The Morgan fingerprint density at radius 1 is 1.17 bits per heavy atom. The summed E-state index contributed by atoms with van der Waals surface area (Å²) in [7, 11) is 0. The number of rotatable bonds is 5. The lowest BCUT2D eigenvalue weighted by Gasteiger charge is -2.24. The maximum Gasteiger partial charge on any atom is 0.251 e. The van der Waals surface area contributed by atoms with E-state index in [0.29, 0.717) is 23.4 Å². The molecule has 3 amide bonds. The highest BCUT2D eigenvalue weighted by atomic mass is 32.1. The molecule has 4 rings (SSSR count). The Bertz CT molecular complexity index is 966. The number of carbonyl (C=O) groups is 3. The molecule has 0 bridgehead atoms. The second-order valence-corrected chi connectivity index (χ2v) is 8.87. The number of amides is 3. The first-order valence-corrected chi connectivity index (χ1v) is 11.0. The number of thiophene rings is 1. The molecule has 1 aliphatic carbocycles. The molecule has 1 aromatic heterocycles. The van der Waals surface area contributed by atoms with E-state index >= 15 is 0 Å². The molecule has 2 aliphatic rings. The molecule has 152 valence electrons. The van der Waals surface area contributed by atoms with Crippen LogP contribution in [0.15, 0.2) is 24.3 Å². The van der Waals surface area contributed by atoms with Gasteiger partial charge in [-0.2, -0.15) is 0 Å². The van der Waals surface area contributed by atoms with Crippen molar-refractivity contribution in [2.75, 3.05) is 10.6 Å². The quantitative estimate of drug-likeness (QED) is 0.655. The third kappa shape index (κ3) is 4.19. The molecule has 6 nitrogen and oxygen atoms in total. The van der Waals surface area contributed by atoms with Gasteiger partial charge in [-0.1, -0.05) is 24.6 Å². The number of nitrogens with two attached hydrogens (primary N) is 1. The van der Waals surface area contributed by atoms with E-state index in [1.54, 1.807) is 0 Å². The fourth-order valence-electron chi connectivity index (χ4n) is 4.23. The van der Waals surface area contributed by atoms with Gasteiger partial charge in [-0.3, -0.25) is 14.4 Å². The Balaban J connectivity index is 1.42. The first-order chi connectivity index (χ1) is 14.0. The highest BCUT2D eigenvalue weighted by Crippen LogP contribution is 2.37. The Hall–Kier alpha value is -2.67. The van der Waals surface area contributed by atoms with Gasteiger partial charge in [0, 0.05) is 22.9 Å². The minimum absolute atomic E-state index is 0.0443. The van der Waals surface area contributed by atoms with Gasteiger partial charge in [-0.15, -0.1) is 11.3 Å². The summed E-state index contributed by atoms with van der Waals surface area (Å²) >= 11 is 1.47. The van der Waals surface area contributed by atoms with Crippen molar-refractivity contribution in [3.8, 4) is 0 Å². The molecule has 0 saturated carbocycles. The number of hydrogen-bond donors (Lipinski definition) is 3. The van der Waals surface area contributed by atoms with E-state index in [1.165, 1.54) is 11.3 Å². The smallest absolute Gasteiger partial charge is 0.251 e. The van der Waals surface area contributed by atoms with Gasteiger partial charge >= 0.3 is 0 Å². The zero-order valence-electron chi connectivity index (χ0n) is 16.3. The molecule has 1 unspecified atom stereocenters. The van der Waals surface area contributed by atoms with Crippen molar-refractivity contribution in [2.45, 2.75) is 51.4 Å². The van der Waals surface area contributed by atoms with Gasteiger partial charge in [0.25, 0.3) is 5.91 Å². The number of carbonyl (C=O) groups excluding carboxylic acids is 3. The zero-order valence-corrected chi connectivity index (χ0v) is 17.1. The summed E-state index contributed by atoms with van der Waals surface area (Å²) in [6, 6.07) is 7.74. The average Bonchev–Trinajstić information content (AvgIpc) is 2.87. The van der Waals surface area contributed by atoms with Crippen molar-refractivity contribution in [1.29, 1.82) is 0 Å². The summed E-state index contributed by atoms with van der Waals surface area (Å²) < 4.78 is 0. The SMILES string of the molecule is NC(=O)c1c(NC(=O)CCC2Cc3ccccc3NC2=O)sc2c1CCCCC2. The van der Waals surface area contributed by atoms with E-state index < -0.39 is 5.91 Å². The van der Waals surface area contributed by atoms with E-state index in [-0.39, 0.29) is 24.2 Å². The molecule has 1 atom stereocenters. The van der Waals surface area contributed by atoms with Crippen molar-refractivity contribution in [3.63, 3.8) is 0 Å². The van der Waals surface area contributed by atoms with Crippen LogP contribution in [0.25, 0.3) is 0 Å². The maximum atomic E-state index is 12.6. The average molecular weight is 412 g/mol. The Morgan fingerprint density at radius 3 is 2.79 bits per heavy atom. The lowest BCUT2D eigenvalue weighted by atomic mass is 9.89. The normalized spacial score (nSPS) is 18.2. The highest BCUT2D eigenvalue weighted by molar-refractivity contribution is 7.17. The van der Waals surface area contributed by atoms with Crippen molar-refractivity contribution >= 4 is 39.7 Å². The van der Waals surface area contributed by atoms with Crippen LogP contribution in [0.4, 0.5) is 10.7 Å². The second kappa shape index (κ2) is 8.37. The standard InChI is InChI=1S/C22H25N3O3S/c23-20(27)19-15-7-2-1-3-9-17(15)29-22(19)25-18(26)11-10-14-12-13-6-4-5-8-16(13)24-21(14)28/h4-6,8,14H,1-3,7,9-12H2,(H2,23,27)(H,24,28)(H,25,26). The number of hydrogen-bond acceptors (Lipinski definition) is 4. The fraction of sp³-hybridized carbons (Fsp3) is 0.409. The van der Waals surface area contributed by atoms with Crippen LogP contribution in [0.5, 0.6) is 0 Å². The van der Waals surface area contributed by atoms with Gasteiger partial charge in [0.2, 0.25) is 11.8 Å². The van der Waals surface area contributed by atoms with Crippen LogP contribution >= 0.6 is 11.3 Å². The summed E-state index contributed by atoms with van der Waals surface area (Å²) in [4.78, 5) is 38.1. The lowest BCUT2D eigenvalue weighted by molar-refractivity contribution is -0.121. The Kier molecular flexibility index (Phi) is 5.67. The Labute approximate surface area is 173 Å². The molecular weight excluding hydrogens is 386 g/mol. The van der Waals surface area contributed by atoms with Gasteiger partial charge in [0.1, 0.15) is 5.00 Å². The lowest BCUT2D eigenvalue weighted by Crippen LogP contribution is -2.30. The molecule has 1 aromatic carbocycles. The second-order valence-electron chi connectivity index (χ2n) is 7.77. The Morgan fingerprint density at radius 2 is 1.97 bits per heavy atom. The third-order valence-corrected chi connectivity index (χ3v) is 6.96. The minimum Gasteiger partial charge on any atom is -0.365 e. The van der Waals surface area contributed by atoms with Crippen molar-refractivity contribution in [1.82, 2.24) is 0 Å². The van der Waals surface area contributed by atoms with E-state index in [2.05, 4.69) is 10.6 Å². The van der Waals surface area contributed by atoms with E-state index in [4.69, 9.17) is 5.73 Å². The van der Waals surface area contributed by atoms with Gasteiger partial charge in [-0.05, 0) is 55.7 Å². The van der Waals surface area contributed by atoms with Crippen LogP contribution in [0.1, 0.15) is 58.5 Å². The summed E-state index contributed by atoms with van der Waals surface area (Å²) in [5.41, 5.74) is 9.06. The number of nitrogens with one attached hydrogen (secondary N) is 2. The van der Waals surface area contributed by atoms with Crippen LogP contribution < -0.4 is 16.4 Å². The third-order valence-electron chi connectivity index (χ3n) is 5.75. The van der Waals surface area contributed by atoms with Crippen molar-refractivity contribution < 1.29 is 14.4 Å². The number of primary amides is 1. The topological polar surface area (TPSA) is 101 Å². The van der Waals surface area contributed by atoms with Gasteiger partial charge in [-0.25, -0.2) is 0 Å². The summed E-state index contributed by atoms with van der Waals surface area (Å²) in [5, 5.41) is 6.37. The first kappa shape index (κ1) is 19.6. The summed E-state index contributed by atoms with van der Waals surface area (Å²) in [6.07, 6.45) is 6.36. The molecule has 7 heteroatoms. The van der Waals surface area contributed by atoms with Gasteiger partial charge < -0.3 is 16.4 Å². The number of anilines is 2. The zero-order chi connectivity index (χ0) is 20.4.